The van der Waals surface area contributed by atoms with E-state index in [0.29, 0.717) is 12.3 Å². The van der Waals surface area contributed by atoms with E-state index in [2.05, 4.69) is 36.1 Å². The molecule has 0 amide bonds. The Morgan fingerprint density at radius 1 is 1.27 bits per heavy atom. The second-order valence-corrected chi connectivity index (χ2v) is 8.31. The molecule has 2 aromatic carbocycles. The zero-order valence-electron chi connectivity index (χ0n) is 15.2. The first kappa shape index (κ1) is 17.6. The van der Waals surface area contributed by atoms with E-state index in [4.69, 9.17) is 4.74 Å². The van der Waals surface area contributed by atoms with Gasteiger partial charge in [-0.25, -0.2) is 0 Å². The Morgan fingerprint density at radius 2 is 2.15 bits per heavy atom. The third-order valence-electron chi connectivity index (χ3n) is 5.42. The standard InChI is InChI=1S/C22H25NO2S/c1-16-4-2-3-5-19(16)18-8-10-23(15-18)11-9-20(24)17-6-7-22-21(14-17)25-12-13-26-22/h2-7,14,18H,8-13,15H2,1H3. The van der Waals surface area contributed by atoms with Crippen LogP contribution in [0.1, 0.15) is 40.2 Å². The Hall–Kier alpha value is -1.78. The molecule has 1 saturated heterocycles. The van der Waals surface area contributed by atoms with Crippen molar-refractivity contribution in [3.63, 3.8) is 0 Å². The first-order valence-corrected chi connectivity index (χ1v) is 10.4. The molecule has 4 rings (SSSR count). The number of hydrogen-bond donors (Lipinski definition) is 0. The van der Waals surface area contributed by atoms with E-state index < -0.39 is 0 Å². The minimum atomic E-state index is 0.214. The lowest BCUT2D eigenvalue weighted by Crippen LogP contribution is -2.24. The average molecular weight is 368 g/mol. The number of fused-ring (bicyclic) bond motifs is 1. The number of thioether (sulfide) groups is 1. The highest BCUT2D eigenvalue weighted by atomic mass is 32.2. The van der Waals surface area contributed by atoms with E-state index in [0.717, 1.165) is 48.2 Å². The predicted molar refractivity (Wildman–Crippen MR) is 107 cm³/mol. The molecule has 2 heterocycles. The number of rotatable bonds is 5. The number of ether oxygens (including phenoxy) is 1. The first-order valence-electron chi connectivity index (χ1n) is 9.41. The van der Waals surface area contributed by atoms with Crippen LogP contribution in [-0.2, 0) is 0 Å². The van der Waals surface area contributed by atoms with E-state index in [-0.39, 0.29) is 5.78 Å². The van der Waals surface area contributed by atoms with Crippen molar-refractivity contribution < 1.29 is 9.53 Å². The van der Waals surface area contributed by atoms with Gasteiger partial charge in [-0.1, -0.05) is 30.3 Å². The van der Waals surface area contributed by atoms with Crippen LogP contribution in [0.3, 0.4) is 0 Å². The van der Waals surface area contributed by atoms with Crippen molar-refractivity contribution in [2.24, 2.45) is 0 Å². The Kier molecular flexibility index (Phi) is 5.32. The number of benzene rings is 2. The molecule has 2 aliphatic rings. The monoisotopic (exact) mass is 367 g/mol. The molecule has 0 spiro atoms. The lowest BCUT2D eigenvalue weighted by Gasteiger charge is -2.18. The highest BCUT2D eigenvalue weighted by Gasteiger charge is 2.25. The third kappa shape index (κ3) is 3.81. The van der Waals surface area contributed by atoms with Gasteiger partial charge in [0.2, 0.25) is 0 Å². The summed E-state index contributed by atoms with van der Waals surface area (Å²) in [6.45, 7) is 5.90. The van der Waals surface area contributed by atoms with Crippen LogP contribution in [0, 0.1) is 6.92 Å². The van der Waals surface area contributed by atoms with Crippen LogP contribution in [0.4, 0.5) is 0 Å². The molecule has 26 heavy (non-hydrogen) atoms. The Morgan fingerprint density at radius 3 is 3.04 bits per heavy atom. The molecule has 0 N–H and O–H groups in total. The minimum Gasteiger partial charge on any atom is -0.492 e. The Labute approximate surface area is 159 Å². The number of likely N-dealkylation sites (tertiary alicyclic amines) is 1. The number of nitrogens with zero attached hydrogens (tertiary/aromatic N) is 1. The van der Waals surface area contributed by atoms with Crippen molar-refractivity contribution in [3.05, 3.63) is 59.2 Å². The highest BCUT2D eigenvalue weighted by molar-refractivity contribution is 7.99. The fraction of sp³-hybridized carbons (Fsp3) is 0.409. The van der Waals surface area contributed by atoms with Gasteiger partial charge in [-0.15, -0.1) is 11.8 Å². The number of aryl methyl sites for hydroxylation is 1. The van der Waals surface area contributed by atoms with Gasteiger partial charge in [0.25, 0.3) is 0 Å². The normalized spacial score (nSPS) is 19.8. The Bertz CT molecular complexity index is 804. The lowest BCUT2D eigenvalue weighted by molar-refractivity contribution is 0.0968. The Balaban J connectivity index is 1.33. The molecule has 0 aromatic heterocycles. The number of carbonyl (C=O) groups is 1. The zero-order valence-corrected chi connectivity index (χ0v) is 16.1. The fourth-order valence-corrected chi connectivity index (χ4v) is 4.77. The van der Waals surface area contributed by atoms with Gasteiger partial charge in [0.15, 0.2) is 5.78 Å². The number of ketones is 1. The quantitative estimate of drug-likeness (QED) is 0.726. The summed E-state index contributed by atoms with van der Waals surface area (Å²) in [4.78, 5) is 16.2. The summed E-state index contributed by atoms with van der Waals surface area (Å²) in [5, 5.41) is 0. The molecule has 4 heteroatoms. The van der Waals surface area contributed by atoms with Gasteiger partial charge in [0.1, 0.15) is 5.75 Å². The van der Waals surface area contributed by atoms with Gasteiger partial charge in [0, 0.05) is 35.7 Å². The average Bonchev–Trinajstić information content (AvgIpc) is 3.15. The zero-order chi connectivity index (χ0) is 17.9. The molecule has 0 radical (unpaired) electrons. The van der Waals surface area contributed by atoms with E-state index in [1.807, 2.05) is 18.2 Å². The SMILES string of the molecule is Cc1ccccc1C1CCN(CCC(=O)c2ccc3c(c2)OCCS3)C1. The fourth-order valence-electron chi connectivity index (χ4n) is 3.96. The molecule has 0 bridgehead atoms. The maximum Gasteiger partial charge on any atom is 0.164 e. The molecule has 3 nitrogen and oxygen atoms in total. The molecule has 2 aliphatic heterocycles. The molecule has 1 atom stereocenters. The van der Waals surface area contributed by atoms with Gasteiger partial charge in [-0.3, -0.25) is 4.79 Å². The smallest absolute Gasteiger partial charge is 0.164 e. The van der Waals surface area contributed by atoms with Crippen molar-refractivity contribution in [2.75, 3.05) is 32.0 Å². The molecule has 1 unspecified atom stereocenters. The minimum absolute atomic E-state index is 0.214. The van der Waals surface area contributed by atoms with Crippen LogP contribution >= 0.6 is 11.8 Å². The summed E-state index contributed by atoms with van der Waals surface area (Å²) in [5.41, 5.74) is 3.62. The van der Waals surface area contributed by atoms with E-state index in [1.165, 1.54) is 17.5 Å². The van der Waals surface area contributed by atoms with Crippen LogP contribution in [0.5, 0.6) is 5.75 Å². The van der Waals surface area contributed by atoms with Crippen molar-refractivity contribution in [1.29, 1.82) is 0 Å². The van der Waals surface area contributed by atoms with E-state index in [1.54, 1.807) is 11.8 Å². The molecule has 1 fully saturated rings. The first-order chi connectivity index (χ1) is 12.7. The summed E-state index contributed by atoms with van der Waals surface area (Å²) >= 11 is 1.80. The van der Waals surface area contributed by atoms with Crippen LogP contribution in [0.2, 0.25) is 0 Å². The lowest BCUT2D eigenvalue weighted by atomic mass is 9.94. The van der Waals surface area contributed by atoms with E-state index in [9.17, 15) is 4.79 Å². The predicted octanol–water partition coefficient (Wildman–Crippen LogP) is 4.54. The maximum atomic E-state index is 12.6. The molecule has 2 aromatic rings. The number of hydrogen-bond acceptors (Lipinski definition) is 4. The topological polar surface area (TPSA) is 29.5 Å². The number of carbonyl (C=O) groups excluding carboxylic acids is 1. The van der Waals surface area contributed by atoms with Crippen LogP contribution in [-0.4, -0.2) is 42.7 Å². The van der Waals surface area contributed by atoms with Crippen LogP contribution in [0.25, 0.3) is 0 Å². The molecule has 0 aliphatic carbocycles. The van der Waals surface area contributed by atoms with Crippen molar-refractivity contribution in [2.45, 2.75) is 30.6 Å². The molecular weight excluding hydrogens is 342 g/mol. The van der Waals surface area contributed by atoms with Crippen molar-refractivity contribution >= 4 is 17.5 Å². The van der Waals surface area contributed by atoms with Gasteiger partial charge >= 0.3 is 0 Å². The van der Waals surface area contributed by atoms with Crippen LogP contribution < -0.4 is 4.74 Å². The van der Waals surface area contributed by atoms with Gasteiger partial charge in [-0.05, 0) is 49.1 Å². The second kappa shape index (κ2) is 7.85. The van der Waals surface area contributed by atoms with Gasteiger partial charge in [-0.2, -0.15) is 0 Å². The van der Waals surface area contributed by atoms with Crippen molar-refractivity contribution in [1.82, 2.24) is 4.90 Å². The summed E-state index contributed by atoms with van der Waals surface area (Å²) < 4.78 is 5.68. The second-order valence-electron chi connectivity index (χ2n) is 7.17. The van der Waals surface area contributed by atoms with Gasteiger partial charge in [0.05, 0.1) is 6.61 Å². The van der Waals surface area contributed by atoms with Crippen LogP contribution in [0.15, 0.2) is 47.4 Å². The summed E-state index contributed by atoms with van der Waals surface area (Å²) in [7, 11) is 0. The summed E-state index contributed by atoms with van der Waals surface area (Å²) in [6, 6.07) is 14.6. The highest BCUT2D eigenvalue weighted by Crippen LogP contribution is 2.34. The molecule has 0 saturated carbocycles. The third-order valence-corrected chi connectivity index (χ3v) is 6.44. The van der Waals surface area contributed by atoms with E-state index >= 15 is 0 Å². The van der Waals surface area contributed by atoms with Crippen molar-refractivity contribution in [3.8, 4) is 5.75 Å². The van der Waals surface area contributed by atoms with Gasteiger partial charge < -0.3 is 9.64 Å². The summed E-state index contributed by atoms with van der Waals surface area (Å²) in [6.07, 6.45) is 1.76. The number of Topliss-reactive ketones (excluding diaryl/α,β-unsaturated/α-hetero) is 1. The largest absolute Gasteiger partial charge is 0.492 e. The summed E-state index contributed by atoms with van der Waals surface area (Å²) in [5.74, 6) is 2.66. The molecular formula is C22H25NO2S. The maximum absolute atomic E-state index is 12.6. The molecule has 136 valence electrons.